The van der Waals surface area contributed by atoms with Gasteiger partial charge in [0.15, 0.2) is 0 Å². The number of anilines is 2. The third kappa shape index (κ3) is 5.50. The van der Waals surface area contributed by atoms with Gasteiger partial charge in [-0.2, -0.15) is 0 Å². The van der Waals surface area contributed by atoms with Crippen molar-refractivity contribution in [3.63, 3.8) is 0 Å². The van der Waals surface area contributed by atoms with Crippen molar-refractivity contribution in [1.29, 1.82) is 0 Å². The second kappa shape index (κ2) is 9.47. The Morgan fingerprint density at radius 1 is 1.16 bits per heavy atom. The number of hydrogen-bond acceptors (Lipinski definition) is 6. The minimum absolute atomic E-state index is 0.0867. The van der Waals surface area contributed by atoms with Gasteiger partial charge in [-0.25, -0.2) is 8.42 Å². The molecule has 0 bridgehead atoms. The number of benzene rings is 2. The largest absolute Gasteiger partial charge is 0.497 e. The lowest BCUT2D eigenvalue weighted by Crippen LogP contribution is -2.34. The van der Waals surface area contributed by atoms with Crippen LogP contribution in [0.4, 0.5) is 11.4 Å². The Bertz CT molecular complexity index is 1120. The fraction of sp³-hybridized carbons (Fsp3) is 0.364. The third-order valence-corrected chi connectivity index (χ3v) is 5.83. The van der Waals surface area contributed by atoms with Crippen molar-refractivity contribution in [3.05, 3.63) is 48.0 Å². The number of sulfonamides is 1. The van der Waals surface area contributed by atoms with Gasteiger partial charge in [-0.15, -0.1) is 0 Å². The molecular weight excluding hydrogens is 434 g/mol. The van der Waals surface area contributed by atoms with E-state index in [-0.39, 0.29) is 30.8 Å². The summed E-state index contributed by atoms with van der Waals surface area (Å²) in [6.45, 7) is 2.04. The quantitative estimate of drug-likeness (QED) is 0.624. The van der Waals surface area contributed by atoms with Crippen molar-refractivity contribution >= 4 is 33.2 Å². The molecule has 2 amide bonds. The van der Waals surface area contributed by atoms with Crippen LogP contribution in [-0.2, 0) is 19.6 Å². The fourth-order valence-corrected chi connectivity index (χ4v) is 4.18. The van der Waals surface area contributed by atoms with Gasteiger partial charge < -0.3 is 19.7 Å². The first kappa shape index (κ1) is 23.4. The number of rotatable bonds is 8. The zero-order chi connectivity index (χ0) is 23.5. The number of nitrogens with zero attached hydrogens (tertiary/aromatic N) is 1. The lowest BCUT2D eigenvalue weighted by molar-refractivity contribution is -0.126. The van der Waals surface area contributed by atoms with Gasteiger partial charge in [-0.3, -0.25) is 14.3 Å². The van der Waals surface area contributed by atoms with Crippen molar-refractivity contribution in [2.75, 3.05) is 36.6 Å². The van der Waals surface area contributed by atoms with E-state index in [1.807, 2.05) is 0 Å². The van der Waals surface area contributed by atoms with Crippen LogP contribution in [0.5, 0.6) is 11.5 Å². The van der Waals surface area contributed by atoms with Gasteiger partial charge in [0.2, 0.25) is 21.8 Å². The van der Waals surface area contributed by atoms with Gasteiger partial charge in [-0.05, 0) is 36.8 Å². The summed E-state index contributed by atoms with van der Waals surface area (Å²) in [4.78, 5) is 27.1. The van der Waals surface area contributed by atoms with Gasteiger partial charge in [-0.1, -0.05) is 12.1 Å². The van der Waals surface area contributed by atoms with Crippen LogP contribution in [0, 0.1) is 5.92 Å². The van der Waals surface area contributed by atoms with Gasteiger partial charge in [0.05, 0.1) is 38.1 Å². The Morgan fingerprint density at radius 2 is 1.91 bits per heavy atom. The first-order valence-corrected chi connectivity index (χ1v) is 11.9. The predicted octanol–water partition coefficient (Wildman–Crippen LogP) is 2.31. The van der Waals surface area contributed by atoms with Crippen molar-refractivity contribution in [3.8, 4) is 11.5 Å². The maximum Gasteiger partial charge on any atom is 0.229 e. The molecule has 1 aliphatic rings. The van der Waals surface area contributed by atoms with Gasteiger partial charge in [0.1, 0.15) is 11.5 Å². The number of carbonyl (C=O) groups excluding carboxylic acids is 2. The molecule has 0 aromatic heterocycles. The summed E-state index contributed by atoms with van der Waals surface area (Å²) >= 11 is 0. The smallest absolute Gasteiger partial charge is 0.229 e. The Labute approximate surface area is 187 Å². The maximum absolute atomic E-state index is 12.9. The minimum atomic E-state index is -3.40. The Morgan fingerprint density at radius 3 is 2.56 bits per heavy atom. The fourth-order valence-electron chi connectivity index (χ4n) is 3.62. The molecule has 2 N–H and O–H groups in total. The zero-order valence-electron chi connectivity index (χ0n) is 18.4. The van der Waals surface area contributed by atoms with E-state index in [0.29, 0.717) is 22.9 Å². The van der Waals surface area contributed by atoms with E-state index >= 15 is 0 Å². The van der Waals surface area contributed by atoms with E-state index in [1.165, 1.54) is 7.11 Å². The topological polar surface area (TPSA) is 114 Å². The molecule has 0 saturated carbocycles. The summed E-state index contributed by atoms with van der Waals surface area (Å²) in [6.07, 6.45) is 1.16. The number of amides is 2. The summed E-state index contributed by atoms with van der Waals surface area (Å²) in [5.74, 6) is 0.160. The third-order valence-electron chi connectivity index (χ3n) is 5.22. The molecule has 172 valence electrons. The molecule has 1 aliphatic heterocycles. The molecule has 10 heteroatoms. The number of nitrogens with one attached hydrogen (secondary N) is 2. The van der Waals surface area contributed by atoms with E-state index in [9.17, 15) is 18.0 Å². The first-order chi connectivity index (χ1) is 15.1. The highest BCUT2D eigenvalue weighted by molar-refractivity contribution is 7.92. The van der Waals surface area contributed by atoms with E-state index < -0.39 is 15.9 Å². The highest BCUT2D eigenvalue weighted by Gasteiger charge is 2.36. The van der Waals surface area contributed by atoms with Crippen LogP contribution in [0.2, 0.25) is 0 Å². The lowest BCUT2D eigenvalue weighted by Gasteiger charge is -2.21. The van der Waals surface area contributed by atoms with Crippen LogP contribution < -0.4 is 24.4 Å². The first-order valence-electron chi connectivity index (χ1n) is 10.0. The van der Waals surface area contributed by atoms with Crippen molar-refractivity contribution < 1.29 is 27.5 Å². The molecule has 2 unspecified atom stereocenters. The normalized spacial score (nSPS) is 17.1. The molecule has 1 heterocycles. The second-order valence-corrected chi connectivity index (χ2v) is 9.42. The molecule has 1 fully saturated rings. The Balaban J connectivity index is 1.69. The number of methoxy groups -OCH3 is 2. The van der Waals surface area contributed by atoms with E-state index in [2.05, 4.69) is 10.0 Å². The van der Waals surface area contributed by atoms with Crippen LogP contribution in [-0.4, -0.2) is 47.3 Å². The SMILES string of the molecule is COc1ccc(N2CC(C(=O)NC(C)c3cccc(NS(C)(=O)=O)c3)CC2=O)c(OC)c1. The molecule has 32 heavy (non-hydrogen) atoms. The molecule has 0 spiro atoms. The summed E-state index contributed by atoms with van der Waals surface area (Å²) in [5, 5.41) is 2.92. The molecular formula is C22H27N3O6S. The molecule has 0 aliphatic carbocycles. The monoisotopic (exact) mass is 461 g/mol. The van der Waals surface area contributed by atoms with Crippen molar-refractivity contribution in [2.24, 2.45) is 5.92 Å². The van der Waals surface area contributed by atoms with Gasteiger partial charge in [0, 0.05) is 24.7 Å². The van der Waals surface area contributed by atoms with Crippen LogP contribution >= 0.6 is 0 Å². The van der Waals surface area contributed by atoms with Crippen LogP contribution in [0.25, 0.3) is 0 Å². The van der Waals surface area contributed by atoms with Crippen LogP contribution in [0.1, 0.15) is 24.9 Å². The summed E-state index contributed by atoms with van der Waals surface area (Å²) in [6, 6.07) is 11.6. The second-order valence-electron chi connectivity index (χ2n) is 7.67. The molecule has 9 nitrogen and oxygen atoms in total. The molecule has 3 rings (SSSR count). The molecule has 2 aromatic carbocycles. The molecule has 2 atom stereocenters. The minimum Gasteiger partial charge on any atom is -0.497 e. The summed E-state index contributed by atoms with van der Waals surface area (Å²) in [5.41, 5.74) is 1.74. The van der Waals surface area contributed by atoms with Crippen molar-refractivity contribution in [2.45, 2.75) is 19.4 Å². The highest BCUT2D eigenvalue weighted by atomic mass is 32.2. The Hall–Kier alpha value is -3.27. The van der Waals surface area contributed by atoms with Crippen molar-refractivity contribution in [1.82, 2.24) is 5.32 Å². The molecule has 0 radical (unpaired) electrons. The number of ether oxygens (including phenoxy) is 2. The average Bonchev–Trinajstić information content (AvgIpc) is 3.13. The van der Waals surface area contributed by atoms with Crippen LogP contribution in [0.15, 0.2) is 42.5 Å². The average molecular weight is 462 g/mol. The maximum atomic E-state index is 12.9. The van der Waals surface area contributed by atoms with Crippen LogP contribution in [0.3, 0.4) is 0 Å². The summed E-state index contributed by atoms with van der Waals surface area (Å²) < 4.78 is 35.9. The summed E-state index contributed by atoms with van der Waals surface area (Å²) in [7, 11) is -0.346. The lowest BCUT2D eigenvalue weighted by atomic mass is 10.0. The zero-order valence-corrected chi connectivity index (χ0v) is 19.2. The van der Waals surface area contributed by atoms with E-state index in [4.69, 9.17) is 9.47 Å². The molecule has 2 aromatic rings. The standard InChI is InChI=1S/C22H27N3O6S/c1-14(15-6-5-7-17(10-15)24-32(4,28)29)23-22(27)16-11-21(26)25(13-16)19-9-8-18(30-2)12-20(19)31-3/h5-10,12,14,16,24H,11,13H2,1-4H3,(H,23,27). The number of carbonyl (C=O) groups is 2. The molecule has 1 saturated heterocycles. The van der Waals surface area contributed by atoms with Gasteiger partial charge >= 0.3 is 0 Å². The van der Waals surface area contributed by atoms with E-state index in [1.54, 1.807) is 61.4 Å². The highest BCUT2D eigenvalue weighted by Crippen LogP contribution is 2.36. The number of hydrogen-bond donors (Lipinski definition) is 2. The predicted molar refractivity (Wildman–Crippen MR) is 121 cm³/mol. The van der Waals surface area contributed by atoms with E-state index in [0.717, 1.165) is 11.8 Å². The Kier molecular flexibility index (Phi) is 6.93. The van der Waals surface area contributed by atoms with Gasteiger partial charge in [0.25, 0.3) is 0 Å².